The second-order valence-electron chi connectivity index (χ2n) is 7.56. The molecule has 1 aromatic carbocycles. The van der Waals surface area contributed by atoms with E-state index in [1.54, 1.807) is 18.0 Å². The van der Waals surface area contributed by atoms with E-state index < -0.39 is 0 Å². The molecular weight excluding hydrogens is 380 g/mol. The van der Waals surface area contributed by atoms with Crippen molar-refractivity contribution in [2.75, 3.05) is 37.7 Å². The van der Waals surface area contributed by atoms with Gasteiger partial charge in [-0.05, 0) is 24.8 Å². The van der Waals surface area contributed by atoms with E-state index in [4.69, 9.17) is 9.72 Å². The van der Waals surface area contributed by atoms with Crippen LogP contribution in [-0.4, -0.2) is 59.5 Å². The SMILES string of the molecule is CCOC(=O)N1CCN(c2ncc3c(n2)C[C@@H](/C=C/c2ccccc2)CC3=O)CC1. The first-order chi connectivity index (χ1) is 14.6. The second kappa shape index (κ2) is 9.07. The van der Waals surface area contributed by atoms with Gasteiger partial charge >= 0.3 is 6.09 Å². The fraction of sp³-hybridized carbons (Fsp3) is 0.391. The third kappa shape index (κ3) is 4.50. The average molecular weight is 406 g/mol. The number of carbonyl (C=O) groups is 2. The molecule has 1 aliphatic carbocycles. The van der Waals surface area contributed by atoms with Gasteiger partial charge in [-0.3, -0.25) is 4.79 Å². The van der Waals surface area contributed by atoms with Gasteiger partial charge in [0.25, 0.3) is 0 Å². The highest BCUT2D eigenvalue weighted by Gasteiger charge is 2.28. The molecule has 1 aromatic heterocycles. The molecule has 30 heavy (non-hydrogen) atoms. The molecule has 0 radical (unpaired) electrons. The molecular formula is C23H26N4O3. The second-order valence-corrected chi connectivity index (χ2v) is 7.56. The number of Topliss-reactive ketones (excluding diaryl/α,β-unsaturated/α-hetero) is 1. The van der Waals surface area contributed by atoms with Gasteiger partial charge in [0.15, 0.2) is 5.78 Å². The van der Waals surface area contributed by atoms with Crippen molar-refractivity contribution < 1.29 is 14.3 Å². The van der Waals surface area contributed by atoms with Gasteiger partial charge in [0.1, 0.15) is 0 Å². The standard InChI is InChI=1S/C23H26N4O3/c1-2-30-23(29)27-12-10-26(11-13-27)22-24-16-19-20(25-22)14-18(15-21(19)28)9-8-17-6-4-3-5-7-17/h3-9,16,18H,2,10-15H2,1H3/b9-8+/t18-/m1/s1. The lowest BCUT2D eigenvalue weighted by molar-refractivity contribution is 0.0956. The van der Waals surface area contributed by atoms with Crippen LogP contribution in [0.5, 0.6) is 0 Å². The number of allylic oxidation sites excluding steroid dienone is 1. The van der Waals surface area contributed by atoms with Crippen LogP contribution in [0, 0.1) is 5.92 Å². The summed E-state index contributed by atoms with van der Waals surface area (Å²) in [6.07, 6.45) is 6.77. The van der Waals surface area contributed by atoms with Crippen molar-refractivity contribution >= 4 is 23.9 Å². The highest BCUT2D eigenvalue weighted by atomic mass is 16.6. The van der Waals surface area contributed by atoms with Gasteiger partial charge in [0, 0.05) is 38.8 Å². The van der Waals surface area contributed by atoms with Crippen molar-refractivity contribution in [3.63, 3.8) is 0 Å². The van der Waals surface area contributed by atoms with Crippen molar-refractivity contribution in [2.24, 2.45) is 5.92 Å². The molecule has 156 valence electrons. The summed E-state index contributed by atoms with van der Waals surface area (Å²) in [5.41, 5.74) is 2.57. The van der Waals surface area contributed by atoms with E-state index in [2.05, 4.69) is 22.0 Å². The Morgan fingerprint density at radius 1 is 1.17 bits per heavy atom. The number of carbonyl (C=O) groups excluding carboxylic acids is 2. The number of benzene rings is 1. The van der Waals surface area contributed by atoms with Crippen LogP contribution < -0.4 is 4.90 Å². The smallest absolute Gasteiger partial charge is 0.409 e. The molecule has 2 heterocycles. The van der Waals surface area contributed by atoms with E-state index in [1.807, 2.05) is 30.3 Å². The maximum Gasteiger partial charge on any atom is 0.409 e. The number of nitrogens with zero attached hydrogens (tertiary/aromatic N) is 4. The fourth-order valence-corrected chi connectivity index (χ4v) is 3.87. The van der Waals surface area contributed by atoms with Crippen LogP contribution in [0.2, 0.25) is 0 Å². The van der Waals surface area contributed by atoms with Crippen molar-refractivity contribution in [3.05, 3.63) is 59.4 Å². The lowest BCUT2D eigenvalue weighted by Crippen LogP contribution is -2.49. The Morgan fingerprint density at radius 2 is 1.93 bits per heavy atom. The number of ketones is 1. The molecule has 7 nitrogen and oxygen atoms in total. The minimum atomic E-state index is -0.276. The normalized spacial score (nSPS) is 19.1. The van der Waals surface area contributed by atoms with Crippen LogP contribution in [0.3, 0.4) is 0 Å². The zero-order valence-corrected chi connectivity index (χ0v) is 17.2. The van der Waals surface area contributed by atoms with Crippen molar-refractivity contribution in [1.29, 1.82) is 0 Å². The molecule has 1 fully saturated rings. The maximum absolute atomic E-state index is 12.6. The van der Waals surface area contributed by atoms with E-state index in [-0.39, 0.29) is 17.8 Å². The lowest BCUT2D eigenvalue weighted by Gasteiger charge is -2.34. The Labute approximate surface area is 176 Å². The predicted octanol–water partition coefficient (Wildman–Crippen LogP) is 3.21. The third-order valence-corrected chi connectivity index (χ3v) is 5.51. The van der Waals surface area contributed by atoms with E-state index in [1.165, 1.54) is 0 Å². The molecule has 2 aromatic rings. The minimum Gasteiger partial charge on any atom is -0.450 e. The zero-order chi connectivity index (χ0) is 20.9. The molecule has 0 unspecified atom stereocenters. The summed E-state index contributed by atoms with van der Waals surface area (Å²) in [6, 6.07) is 10.1. The molecule has 4 rings (SSSR count). The molecule has 1 amide bonds. The molecule has 1 aliphatic heterocycles. The van der Waals surface area contributed by atoms with Gasteiger partial charge in [0.2, 0.25) is 5.95 Å². The van der Waals surface area contributed by atoms with Crippen molar-refractivity contribution in [2.45, 2.75) is 19.8 Å². The number of ether oxygens (including phenoxy) is 1. The summed E-state index contributed by atoms with van der Waals surface area (Å²) >= 11 is 0. The number of hydrogen-bond acceptors (Lipinski definition) is 6. The predicted molar refractivity (Wildman–Crippen MR) is 114 cm³/mol. The van der Waals surface area contributed by atoms with Crippen LogP contribution >= 0.6 is 0 Å². The van der Waals surface area contributed by atoms with E-state index in [0.717, 1.165) is 17.7 Å². The number of hydrogen-bond donors (Lipinski definition) is 0. The van der Waals surface area contributed by atoms with Gasteiger partial charge < -0.3 is 14.5 Å². The van der Waals surface area contributed by atoms with Crippen molar-refractivity contribution in [3.8, 4) is 0 Å². The largest absolute Gasteiger partial charge is 0.450 e. The number of rotatable bonds is 4. The Kier molecular flexibility index (Phi) is 6.07. The summed E-state index contributed by atoms with van der Waals surface area (Å²) in [6.45, 7) is 4.60. The van der Waals surface area contributed by atoms with Gasteiger partial charge in [-0.2, -0.15) is 0 Å². The highest BCUT2D eigenvalue weighted by Crippen LogP contribution is 2.27. The first kappa shape index (κ1) is 20.1. The summed E-state index contributed by atoms with van der Waals surface area (Å²) in [5.74, 6) is 0.851. The monoisotopic (exact) mass is 406 g/mol. The highest BCUT2D eigenvalue weighted by molar-refractivity contribution is 5.98. The molecule has 1 atom stereocenters. The average Bonchev–Trinajstić information content (AvgIpc) is 2.78. The molecule has 1 saturated heterocycles. The molecule has 0 N–H and O–H groups in total. The van der Waals surface area contributed by atoms with E-state index >= 15 is 0 Å². The number of piperazine rings is 1. The summed E-state index contributed by atoms with van der Waals surface area (Å²) in [5, 5.41) is 0. The van der Waals surface area contributed by atoms with Crippen molar-refractivity contribution in [1.82, 2.24) is 14.9 Å². The van der Waals surface area contributed by atoms with Gasteiger partial charge in [-0.1, -0.05) is 42.5 Å². The Balaban J connectivity index is 1.44. The fourth-order valence-electron chi connectivity index (χ4n) is 3.87. The quantitative estimate of drug-likeness (QED) is 0.776. The van der Waals surface area contributed by atoms with Crippen LogP contribution in [0.4, 0.5) is 10.7 Å². The molecule has 2 aliphatic rings. The van der Waals surface area contributed by atoms with Gasteiger partial charge in [-0.25, -0.2) is 14.8 Å². The lowest BCUT2D eigenvalue weighted by atomic mass is 9.86. The summed E-state index contributed by atoms with van der Waals surface area (Å²) in [7, 11) is 0. The zero-order valence-electron chi connectivity index (χ0n) is 17.2. The molecule has 0 saturated carbocycles. The number of amides is 1. The van der Waals surface area contributed by atoms with Crippen LogP contribution in [0.15, 0.2) is 42.6 Å². The number of fused-ring (bicyclic) bond motifs is 1. The summed E-state index contributed by atoms with van der Waals surface area (Å²) in [4.78, 5) is 37.4. The van der Waals surface area contributed by atoms with Crippen LogP contribution in [-0.2, 0) is 11.2 Å². The van der Waals surface area contributed by atoms with Gasteiger partial charge in [-0.15, -0.1) is 0 Å². The topological polar surface area (TPSA) is 75.6 Å². The Bertz CT molecular complexity index is 937. The molecule has 7 heteroatoms. The third-order valence-electron chi connectivity index (χ3n) is 5.51. The summed E-state index contributed by atoms with van der Waals surface area (Å²) < 4.78 is 5.07. The first-order valence-corrected chi connectivity index (χ1v) is 10.4. The minimum absolute atomic E-state index is 0.0950. The first-order valence-electron chi connectivity index (χ1n) is 10.4. The Morgan fingerprint density at radius 3 is 2.67 bits per heavy atom. The van der Waals surface area contributed by atoms with Gasteiger partial charge in [0.05, 0.1) is 17.9 Å². The number of anilines is 1. The van der Waals surface area contributed by atoms with Crippen LogP contribution in [0.25, 0.3) is 6.08 Å². The van der Waals surface area contributed by atoms with E-state index in [9.17, 15) is 9.59 Å². The van der Waals surface area contributed by atoms with E-state index in [0.29, 0.717) is 50.7 Å². The number of aromatic nitrogens is 2. The molecule has 0 bridgehead atoms. The van der Waals surface area contributed by atoms with Crippen LogP contribution in [0.1, 0.15) is 35.0 Å². The Hall–Kier alpha value is -3.22. The maximum atomic E-state index is 12.6. The molecule has 0 spiro atoms.